The van der Waals surface area contributed by atoms with Gasteiger partial charge in [-0.2, -0.15) is 0 Å². The minimum absolute atomic E-state index is 0.0233. The highest BCUT2D eigenvalue weighted by atomic mass is 32.2. The number of hydrogen-bond donors (Lipinski definition) is 1. The van der Waals surface area contributed by atoms with Crippen LogP contribution in [0.1, 0.15) is 11.1 Å². The summed E-state index contributed by atoms with van der Waals surface area (Å²) >= 11 is 0. The summed E-state index contributed by atoms with van der Waals surface area (Å²) in [7, 11) is -3.76. The fraction of sp³-hybridized carbons (Fsp3) is 0.200. The molecule has 0 aromatic heterocycles. The monoisotopic (exact) mass is 391 g/mol. The van der Waals surface area contributed by atoms with Crippen LogP contribution in [0.4, 0.5) is 8.78 Å². The summed E-state index contributed by atoms with van der Waals surface area (Å²) in [5.41, 5.74) is 1.01. The van der Waals surface area contributed by atoms with Crippen LogP contribution in [0.3, 0.4) is 0 Å². The maximum absolute atomic E-state index is 13.1. The zero-order valence-corrected chi connectivity index (χ0v) is 15.4. The summed E-state index contributed by atoms with van der Waals surface area (Å²) in [6.45, 7) is 3.67. The summed E-state index contributed by atoms with van der Waals surface area (Å²) in [4.78, 5) is 0. The molecule has 142 valence electrons. The fourth-order valence-corrected chi connectivity index (χ4v) is 3.31. The van der Waals surface area contributed by atoms with Gasteiger partial charge in [0.15, 0.2) is 0 Å². The van der Waals surface area contributed by atoms with Crippen LogP contribution < -0.4 is 9.46 Å². The molecule has 0 amide bonds. The van der Waals surface area contributed by atoms with Crippen LogP contribution in [0.25, 0.3) is 0 Å². The number of nitrogens with one attached hydrogen (secondary N) is 1. The zero-order chi connectivity index (χ0) is 19.7. The van der Waals surface area contributed by atoms with Crippen LogP contribution in [-0.4, -0.2) is 21.6 Å². The molecule has 2 aromatic carbocycles. The van der Waals surface area contributed by atoms with Crippen molar-refractivity contribution in [2.24, 2.45) is 0 Å². The molecule has 0 bridgehead atoms. The number of rotatable bonds is 8. The standard InChI is InChI=1S/C20H19F2NO3S/c1-2-7-17-8-3-4-9-20(17)26-11-6-5-10-23-27(24,25)15-16-12-18(21)14-19(22)13-16/h2-4,8-9,12-14,23H,1,7,10-11,15H2. The zero-order valence-electron chi connectivity index (χ0n) is 14.5. The third-order valence-electron chi connectivity index (χ3n) is 3.42. The summed E-state index contributed by atoms with van der Waals surface area (Å²) in [6.07, 6.45) is 2.44. The minimum Gasteiger partial charge on any atom is -0.481 e. The van der Waals surface area contributed by atoms with Crippen molar-refractivity contribution in [2.75, 3.05) is 13.2 Å². The van der Waals surface area contributed by atoms with Crippen molar-refractivity contribution in [3.63, 3.8) is 0 Å². The van der Waals surface area contributed by atoms with E-state index in [9.17, 15) is 17.2 Å². The lowest BCUT2D eigenvalue weighted by Gasteiger charge is -2.07. The van der Waals surface area contributed by atoms with E-state index in [-0.39, 0.29) is 18.7 Å². The van der Waals surface area contributed by atoms with Gasteiger partial charge in [0, 0.05) is 6.07 Å². The molecular weight excluding hydrogens is 372 g/mol. The SMILES string of the molecule is C=CCc1ccccc1OCC#CCNS(=O)(=O)Cc1cc(F)cc(F)c1. The molecule has 0 atom stereocenters. The van der Waals surface area contributed by atoms with Gasteiger partial charge in [-0.3, -0.25) is 0 Å². The van der Waals surface area contributed by atoms with E-state index in [1.807, 2.05) is 24.3 Å². The Balaban J connectivity index is 1.83. The number of sulfonamides is 1. The lowest BCUT2D eigenvalue weighted by atomic mass is 10.1. The highest BCUT2D eigenvalue weighted by molar-refractivity contribution is 7.88. The normalized spacial score (nSPS) is 10.7. The molecule has 0 heterocycles. The lowest BCUT2D eigenvalue weighted by molar-refractivity contribution is 0.366. The van der Waals surface area contributed by atoms with Gasteiger partial charge in [-0.1, -0.05) is 36.1 Å². The van der Waals surface area contributed by atoms with E-state index in [0.29, 0.717) is 18.2 Å². The summed E-state index contributed by atoms with van der Waals surface area (Å²) in [5, 5.41) is 0. The van der Waals surface area contributed by atoms with Crippen LogP contribution in [0.2, 0.25) is 0 Å². The Morgan fingerprint density at radius 1 is 1.11 bits per heavy atom. The van der Waals surface area contributed by atoms with Crippen LogP contribution in [0, 0.1) is 23.5 Å². The quantitative estimate of drug-likeness (QED) is 0.555. The van der Waals surface area contributed by atoms with Gasteiger partial charge >= 0.3 is 0 Å². The van der Waals surface area contributed by atoms with Gasteiger partial charge in [0.2, 0.25) is 10.0 Å². The van der Waals surface area contributed by atoms with Gasteiger partial charge in [0.1, 0.15) is 24.0 Å². The molecule has 0 radical (unpaired) electrons. The molecular formula is C20H19F2NO3S. The van der Waals surface area contributed by atoms with Gasteiger partial charge < -0.3 is 4.74 Å². The molecule has 27 heavy (non-hydrogen) atoms. The second-order valence-corrected chi connectivity index (χ2v) is 7.41. The summed E-state index contributed by atoms with van der Waals surface area (Å²) < 4.78 is 57.9. The van der Waals surface area contributed by atoms with E-state index in [1.54, 1.807) is 6.08 Å². The largest absolute Gasteiger partial charge is 0.481 e. The van der Waals surface area contributed by atoms with Gasteiger partial charge in [0.25, 0.3) is 0 Å². The fourth-order valence-electron chi connectivity index (χ4n) is 2.31. The Kier molecular flexibility index (Phi) is 7.53. The first-order valence-corrected chi connectivity index (χ1v) is 9.74. The average Bonchev–Trinajstić information content (AvgIpc) is 2.58. The maximum Gasteiger partial charge on any atom is 0.216 e. The maximum atomic E-state index is 13.1. The Bertz CT molecular complexity index is 942. The van der Waals surface area contributed by atoms with Crippen molar-refractivity contribution in [1.82, 2.24) is 4.72 Å². The molecule has 0 aliphatic heterocycles. The molecule has 1 N–H and O–H groups in total. The predicted octanol–water partition coefficient (Wildman–Crippen LogP) is 3.20. The molecule has 0 unspecified atom stereocenters. The van der Waals surface area contributed by atoms with Crippen LogP contribution >= 0.6 is 0 Å². The number of hydrogen-bond acceptors (Lipinski definition) is 3. The topological polar surface area (TPSA) is 55.4 Å². The van der Waals surface area contributed by atoms with Crippen molar-refractivity contribution in [2.45, 2.75) is 12.2 Å². The minimum atomic E-state index is -3.76. The molecule has 0 spiro atoms. The van der Waals surface area contributed by atoms with Crippen LogP contribution in [-0.2, 0) is 22.2 Å². The van der Waals surface area contributed by atoms with Crippen molar-refractivity contribution in [1.29, 1.82) is 0 Å². The van der Waals surface area contributed by atoms with Crippen molar-refractivity contribution in [3.05, 3.63) is 77.9 Å². The van der Waals surface area contributed by atoms with Gasteiger partial charge in [0.05, 0.1) is 12.3 Å². The van der Waals surface area contributed by atoms with Crippen LogP contribution in [0.5, 0.6) is 5.75 Å². The number of halogens is 2. The van der Waals surface area contributed by atoms with Gasteiger partial charge in [-0.05, 0) is 35.7 Å². The molecule has 7 heteroatoms. The molecule has 0 fully saturated rings. The third-order valence-corrected chi connectivity index (χ3v) is 4.72. The van der Waals surface area contributed by atoms with Gasteiger partial charge in [-0.15, -0.1) is 6.58 Å². The summed E-state index contributed by atoms with van der Waals surface area (Å²) in [6, 6.07) is 10.1. The van der Waals surface area contributed by atoms with E-state index in [0.717, 1.165) is 17.7 Å². The van der Waals surface area contributed by atoms with E-state index in [2.05, 4.69) is 23.1 Å². The van der Waals surface area contributed by atoms with Crippen LogP contribution in [0.15, 0.2) is 55.1 Å². The Morgan fingerprint density at radius 3 is 2.52 bits per heavy atom. The lowest BCUT2D eigenvalue weighted by Crippen LogP contribution is -2.25. The highest BCUT2D eigenvalue weighted by Gasteiger charge is 2.12. The number of benzene rings is 2. The molecule has 0 saturated heterocycles. The number of para-hydroxylation sites is 1. The average molecular weight is 391 g/mol. The van der Waals surface area contributed by atoms with Gasteiger partial charge in [-0.25, -0.2) is 21.9 Å². The third kappa shape index (κ3) is 7.21. The van der Waals surface area contributed by atoms with E-state index in [1.165, 1.54) is 0 Å². The molecule has 4 nitrogen and oxygen atoms in total. The first kappa shape index (κ1) is 20.6. The molecule has 0 aliphatic carbocycles. The number of allylic oxidation sites excluding steroid dienone is 1. The second-order valence-electron chi connectivity index (χ2n) is 5.60. The summed E-state index contributed by atoms with van der Waals surface area (Å²) in [5.74, 6) is 3.86. The Hall–Kier alpha value is -2.69. The van der Waals surface area contributed by atoms with E-state index >= 15 is 0 Å². The first-order chi connectivity index (χ1) is 12.9. The van der Waals surface area contributed by atoms with Crippen molar-refractivity contribution >= 4 is 10.0 Å². The van der Waals surface area contributed by atoms with Crippen molar-refractivity contribution < 1.29 is 21.9 Å². The first-order valence-electron chi connectivity index (χ1n) is 8.09. The molecule has 2 rings (SSSR count). The van der Waals surface area contributed by atoms with E-state index < -0.39 is 27.4 Å². The second kappa shape index (κ2) is 9.86. The highest BCUT2D eigenvalue weighted by Crippen LogP contribution is 2.18. The number of ether oxygens (including phenoxy) is 1. The molecule has 0 aliphatic rings. The smallest absolute Gasteiger partial charge is 0.216 e. The Morgan fingerprint density at radius 2 is 1.81 bits per heavy atom. The molecule has 0 saturated carbocycles. The Labute approximate surface area is 157 Å². The van der Waals surface area contributed by atoms with Crippen molar-refractivity contribution in [3.8, 4) is 17.6 Å². The van der Waals surface area contributed by atoms with E-state index in [4.69, 9.17) is 4.74 Å². The molecule has 2 aromatic rings. The predicted molar refractivity (Wildman–Crippen MR) is 101 cm³/mol.